The van der Waals surface area contributed by atoms with Gasteiger partial charge >= 0.3 is 6.01 Å². The molecule has 0 atom stereocenters. The Bertz CT molecular complexity index is 524. The number of aryl methyl sites for hydroxylation is 1. The Morgan fingerprint density at radius 2 is 2.31 bits per heavy atom. The molecule has 0 bridgehead atoms. The van der Waals surface area contributed by atoms with E-state index in [-0.39, 0.29) is 11.9 Å². The predicted molar refractivity (Wildman–Crippen MR) is 66.1 cm³/mol. The molecular formula is C10H8IN3O2. The van der Waals surface area contributed by atoms with Crippen molar-refractivity contribution in [2.45, 2.75) is 6.92 Å². The van der Waals surface area contributed by atoms with Crippen molar-refractivity contribution in [1.29, 1.82) is 0 Å². The number of carbonyl (C=O) groups excluding carboxylic acids is 1. The molecule has 0 radical (unpaired) electrons. The summed E-state index contributed by atoms with van der Waals surface area (Å²) in [7, 11) is 0. The fourth-order valence-corrected chi connectivity index (χ4v) is 1.69. The van der Waals surface area contributed by atoms with E-state index in [2.05, 4.69) is 38.0 Å². The summed E-state index contributed by atoms with van der Waals surface area (Å²) in [6.45, 7) is 1.69. The Morgan fingerprint density at radius 1 is 1.50 bits per heavy atom. The molecule has 6 heteroatoms. The number of nitrogens with zero attached hydrogens (tertiary/aromatic N) is 2. The van der Waals surface area contributed by atoms with Crippen molar-refractivity contribution in [3.05, 3.63) is 39.2 Å². The SMILES string of the molecule is Cc1noc(NC(=O)c2cccc(I)c2)n1. The van der Waals surface area contributed by atoms with Crippen molar-refractivity contribution in [3.63, 3.8) is 0 Å². The monoisotopic (exact) mass is 329 g/mol. The van der Waals surface area contributed by atoms with Gasteiger partial charge in [-0.05, 0) is 47.7 Å². The molecule has 0 aliphatic rings. The highest BCUT2D eigenvalue weighted by Gasteiger charge is 2.10. The number of hydrogen-bond acceptors (Lipinski definition) is 4. The van der Waals surface area contributed by atoms with Gasteiger partial charge in [-0.15, -0.1) is 0 Å². The number of carbonyl (C=O) groups is 1. The normalized spacial score (nSPS) is 10.1. The minimum Gasteiger partial charge on any atom is -0.315 e. The van der Waals surface area contributed by atoms with Gasteiger partial charge < -0.3 is 4.52 Å². The zero-order valence-electron chi connectivity index (χ0n) is 8.40. The second-order valence-electron chi connectivity index (χ2n) is 3.11. The Labute approximate surface area is 105 Å². The van der Waals surface area contributed by atoms with Gasteiger partial charge in [-0.3, -0.25) is 10.1 Å². The van der Waals surface area contributed by atoms with Gasteiger partial charge in [0.15, 0.2) is 5.82 Å². The summed E-state index contributed by atoms with van der Waals surface area (Å²) < 4.78 is 5.78. The smallest absolute Gasteiger partial charge is 0.315 e. The van der Waals surface area contributed by atoms with Gasteiger partial charge in [-0.25, -0.2) is 0 Å². The van der Waals surface area contributed by atoms with Crippen LogP contribution in [0.15, 0.2) is 28.8 Å². The second kappa shape index (κ2) is 4.60. The topological polar surface area (TPSA) is 68.0 Å². The zero-order valence-corrected chi connectivity index (χ0v) is 10.6. The molecule has 0 spiro atoms. The van der Waals surface area contributed by atoms with Crippen LogP contribution >= 0.6 is 22.6 Å². The van der Waals surface area contributed by atoms with Crippen LogP contribution in [0.2, 0.25) is 0 Å². The standard InChI is InChI=1S/C10H8IN3O2/c1-6-12-10(16-14-6)13-9(15)7-3-2-4-8(11)5-7/h2-5H,1H3,(H,12,13,14,15). The van der Waals surface area contributed by atoms with Crippen molar-refractivity contribution in [1.82, 2.24) is 10.1 Å². The largest absolute Gasteiger partial charge is 0.328 e. The van der Waals surface area contributed by atoms with E-state index in [1.165, 1.54) is 0 Å². The molecule has 0 aliphatic carbocycles. The fourth-order valence-electron chi connectivity index (χ4n) is 1.15. The third kappa shape index (κ3) is 2.57. The van der Waals surface area contributed by atoms with Crippen LogP contribution < -0.4 is 5.32 Å². The Morgan fingerprint density at radius 3 is 2.94 bits per heavy atom. The molecule has 1 aromatic carbocycles. The van der Waals surface area contributed by atoms with Crippen LogP contribution in [0.4, 0.5) is 6.01 Å². The highest BCUT2D eigenvalue weighted by Crippen LogP contribution is 2.10. The molecular weight excluding hydrogens is 321 g/mol. The highest BCUT2D eigenvalue weighted by molar-refractivity contribution is 14.1. The number of benzene rings is 1. The summed E-state index contributed by atoms with van der Waals surface area (Å²) in [4.78, 5) is 15.6. The molecule has 5 nitrogen and oxygen atoms in total. The Balaban J connectivity index is 2.14. The van der Waals surface area contributed by atoms with Crippen molar-refractivity contribution in [3.8, 4) is 0 Å². The van der Waals surface area contributed by atoms with Gasteiger partial charge in [0.05, 0.1) is 0 Å². The van der Waals surface area contributed by atoms with Crippen LogP contribution in [0.25, 0.3) is 0 Å². The van der Waals surface area contributed by atoms with Crippen molar-refractivity contribution in [2.24, 2.45) is 0 Å². The van der Waals surface area contributed by atoms with Crippen molar-refractivity contribution in [2.75, 3.05) is 5.32 Å². The van der Waals surface area contributed by atoms with Gasteiger partial charge in [-0.1, -0.05) is 11.2 Å². The molecule has 1 N–H and O–H groups in total. The average molecular weight is 329 g/mol. The van der Waals surface area contributed by atoms with Gasteiger partial charge in [0.2, 0.25) is 0 Å². The lowest BCUT2D eigenvalue weighted by molar-refractivity contribution is 0.102. The van der Waals surface area contributed by atoms with Gasteiger partial charge in [0, 0.05) is 9.13 Å². The molecule has 1 amide bonds. The summed E-state index contributed by atoms with van der Waals surface area (Å²) in [6.07, 6.45) is 0. The van der Waals surface area contributed by atoms with Crippen LogP contribution in [0.1, 0.15) is 16.2 Å². The molecule has 2 aromatic rings. The summed E-state index contributed by atoms with van der Waals surface area (Å²) in [5, 5.41) is 6.10. The van der Waals surface area contributed by atoms with Crippen molar-refractivity contribution < 1.29 is 9.32 Å². The molecule has 16 heavy (non-hydrogen) atoms. The molecule has 82 valence electrons. The first-order valence-electron chi connectivity index (χ1n) is 4.52. The number of nitrogens with one attached hydrogen (secondary N) is 1. The van der Waals surface area contributed by atoms with Crippen LogP contribution in [-0.2, 0) is 0 Å². The number of hydrogen-bond donors (Lipinski definition) is 1. The molecule has 0 aliphatic heterocycles. The molecule has 0 saturated carbocycles. The van der Waals surface area contributed by atoms with Crippen LogP contribution in [0.5, 0.6) is 0 Å². The minimum absolute atomic E-state index is 0.112. The van der Waals surface area contributed by atoms with E-state index in [4.69, 9.17) is 4.52 Å². The quantitative estimate of drug-likeness (QED) is 0.858. The maximum atomic E-state index is 11.7. The van der Waals surface area contributed by atoms with Crippen LogP contribution in [0.3, 0.4) is 0 Å². The summed E-state index contributed by atoms with van der Waals surface area (Å²) in [5.41, 5.74) is 0.558. The molecule has 1 aromatic heterocycles. The average Bonchev–Trinajstić information content (AvgIpc) is 2.64. The predicted octanol–water partition coefficient (Wildman–Crippen LogP) is 2.23. The van der Waals surface area contributed by atoms with E-state index in [0.717, 1.165) is 3.57 Å². The molecule has 2 rings (SSSR count). The van der Waals surface area contributed by atoms with Gasteiger partial charge in [0.25, 0.3) is 5.91 Å². The van der Waals surface area contributed by atoms with E-state index in [1.54, 1.807) is 19.1 Å². The maximum Gasteiger partial charge on any atom is 0.328 e. The Kier molecular flexibility index (Phi) is 3.18. The second-order valence-corrected chi connectivity index (χ2v) is 4.36. The molecule has 0 fully saturated rings. The first-order chi connectivity index (χ1) is 7.65. The summed E-state index contributed by atoms with van der Waals surface area (Å²) >= 11 is 2.14. The third-order valence-electron chi connectivity index (χ3n) is 1.83. The Hall–Kier alpha value is -1.44. The number of aromatic nitrogens is 2. The maximum absolute atomic E-state index is 11.7. The lowest BCUT2D eigenvalue weighted by Gasteiger charge is -2.00. The van der Waals surface area contributed by atoms with E-state index in [1.807, 2.05) is 12.1 Å². The van der Waals surface area contributed by atoms with Crippen LogP contribution in [0, 0.1) is 10.5 Å². The lowest BCUT2D eigenvalue weighted by Crippen LogP contribution is -2.12. The van der Waals surface area contributed by atoms with Gasteiger partial charge in [-0.2, -0.15) is 4.98 Å². The third-order valence-corrected chi connectivity index (χ3v) is 2.51. The van der Waals surface area contributed by atoms with Crippen molar-refractivity contribution >= 4 is 34.5 Å². The number of amides is 1. The molecule has 0 unspecified atom stereocenters. The van der Waals surface area contributed by atoms with Gasteiger partial charge in [0.1, 0.15) is 0 Å². The first kappa shape index (κ1) is 11.1. The molecule has 0 saturated heterocycles. The fraction of sp³-hybridized carbons (Fsp3) is 0.100. The first-order valence-corrected chi connectivity index (χ1v) is 5.60. The number of anilines is 1. The van der Waals surface area contributed by atoms with E-state index in [9.17, 15) is 4.79 Å². The summed E-state index contributed by atoms with van der Waals surface area (Å²) in [5.74, 6) is 0.222. The van der Waals surface area contributed by atoms with E-state index < -0.39 is 0 Å². The van der Waals surface area contributed by atoms with E-state index >= 15 is 0 Å². The van der Waals surface area contributed by atoms with E-state index in [0.29, 0.717) is 11.4 Å². The highest BCUT2D eigenvalue weighted by atomic mass is 127. The number of rotatable bonds is 2. The lowest BCUT2D eigenvalue weighted by atomic mass is 10.2. The zero-order chi connectivity index (χ0) is 11.5. The van der Waals surface area contributed by atoms with Crippen LogP contribution in [-0.4, -0.2) is 16.0 Å². The minimum atomic E-state index is -0.262. The molecule has 1 heterocycles. The number of halogens is 1. The summed E-state index contributed by atoms with van der Waals surface area (Å²) in [6, 6.07) is 7.34.